The highest BCUT2D eigenvalue weighted by atomic mass is 35.5. The number of nitrogens with zero attached hydrogens (tertiary/aromatic N) is 1. The zero-order valence-corrected chi connectivity index (χ0v) is 14.9. The van der Waals surface area contributed by atoms with Gasteiger partial charge in [-0.2, -0.15) is 0 Å². The van der Waals surface area contributed by atoms with Crippen LogP contribution in [0.3, 0.4) is 0 Å². The maximum atomic E-state index is 12.2. The normalized spacial score (nSPS) is 10.2. The number of hydrogen-bond donors (Lipinski definition) is 1. The van der Waals surface area contributed by atoms with Gasteiger partial charge in [-0.25, -0.2) is 0 Å². The van der Waals surface area contributed by atoms with Crippen LogP contribution in [-0.4, -0.2) is 36.4 Å². The lowest BCUT2D eigenvalue weighted by atomic mass is 10.3. The molecule has 0 bridgehead atoms. The Hall–Kier alpha value is -2.05. The van der Waals surface area contributed by atoms with E-state index in [0.717, 1.165) is 4.88 Å². The molecule has 0 fully saturated rings. The molecule has 0 unspecified atom stereocenters. The average Bonchev–Trinajstić information content (AvgIpc) is 3.10. The molecule has 1 aromatic heterocycles. The molecule has 7 heteroatoms. The molecule has 24 heavy (non-hydrogen) atoms. The molecule has 0 aliphatic rings. The minimum absolute atomic E-state index is 0.00654. The zero-order chi connectivity index (χ0) is 17.4. The van der Waals surface area contributed by atoms with Crippen molar-refractivity contribution in [2.24, 2.45) is 0 Å². The molecular weight excluding hydrogens is 348 g/mol. The number of halogens is 1. The first kappa shape index (κ1) is 18.3. The summed E-state index contributed by atoms with van der Waals surface area (Å²) in [6.45, 7) is 2.57. The lowest BCUT2D eigenvalue weighted by molar-refractivity contribution is -0.137. The van der Waals surface area contributed by atoms with Crippen LogP contribution < -0.4 is 10.1 Å². The van der Waals surface area contributed by atoms with E-state index < -0.39 is 0 Å². The smallest absolute Gasteiger partial charge is 0.260 e. The predicted octanol–water partition coefficient (Wildman–Crippen LogP) is 2.95. The number of benzene rings is 1. The topological polar surface area (TPSA) is 58.6 Å². The van der Waals surface area contributed by atoms with E-state index in [2.05, 4.69) is 5.32 Å². The van der Waals surface area contributed by atoms with Crippen LogP contribution in [0.25, 0.3) is 0 Å². The van der Waals surface area contributed by atoms with Crippen molar-refractivity contribution >= 4 is 34.8 Å². The van der Waals surface area contributed by atoms with Crippen LogP contribution in [0.15, 0.2) is 41.8 Å². The third kappa shape index (κ3) is 5.54. The standard InChI is InChI=1S/C17H19ClN2O3S/c1-2-20(11-16(21)19-10-13-6-5-9-24-13)17(22)12-23-15-8-4-3-7-14(15)18/h3-9H,2,10-12H2,1H3,(H,19,21). The van der Waals surface area contributed by atoms with E-state index in [1.54, 1.807) is 35.6 Å². The van der Waals surface area contributed by atoms with E-state index in [-0.39, 0.29) is 25.0 Å². The first-order chi connectivity index (χ1) is 11.6. The quantitative estimate of drug-likeness (QED) is 0.781. The third-order valence-electron chi connectivity index (χ3n) is 3.30. The van der Waals surface area contributed by atoms with Gasteiger partial charge in [0.15, 0.2) is 6.61 Å². The minimum atomic E-state index is -0.260. The summed E-state index contributed by atoms with van der Waals surface area (Å²) in [7, 11) is 0. The van der Waals surface area contributed by atoms with E-state index in [1.165, 1.54) is 4.90 Å². The molecule has 2 amide bonds. The second kappa shape index (κ2) is 9.30. The van der Waals surface area contributed by atoms with Crippen LogP contribution in [0.2, 0.25) is 5.02 Å². The molecule has 0 aliphatic heterocycles. The number of hydrogen-bond acceptors (Lipinski definition) is 4. The molecule has 1 N–H and O–H groups in total. The molecule has 0 saturated heterocycles. The predicted molar refractivity (Wildman–Crippen MR) is 95.4 cm³/mol. The summed E-state index contributed by atoms with van der Waals surface area (Å²) in [5.41, 5.74) is 0. The maximum absolute atomic E-state index is 12.2. The molecule has 1 aromatic carbocycles. The van der Waals surface area contributed by atoms with E-state index >= 15 is 0 Å². The fourth-order valence-corrected chi connectivity index (χ4v) is 2.83. The molecule has 1 heterocycles. The van der Waals surface area contributed by atoms with Crippen LogP contribution in [0.1, 0.15) is 11.8 Å². The van der Waals surface area contributed by atoms with Gasteiger partial charge < -0.3 is 15.0 Å². The first-order valence-electron chi connectivity index (χ1n) is 7.54. The van der Waals surface area contributed by atoms with Gasteiger partial charge in [0.1, 0.15) is 5.75 Å². The van der Waals surface area contributed by atoms with Gasteiger partial charge in [-0.05, 0) is 30.5 Å². The van der Waals surface area contributed by atoms with Gasteiger partial charge in [-0.1, -0.05) is 29.8 Å². The molecule has 5 nitrogen and oxygen atoms in total. The summed E-state index contributed by atoms with van der Waals surface area (Å²) < 4.78 is 5.43. The fraction of sp³-hybridized carbons (Fsp3) is 0.294. The molecule has 0 spiro atoms. The highest BCUT2D eigenvalue weighted by Gasteiger charge is 2.16. The molecule has 128 valence electrons. The molecule has 2 rings (SSSR count). The van der Waals surface area contributed by atoms with Crippen LogP contribution in [0.4, 0.5) is 0 Å². The van der Waals surface area contributed by atoms with Gasteiger partial charge in [0.25, 0.3) is 5.91 Å². The highest BCUT2D eigenvalue weighted by molar-refractivity contribution is 7.09. The number of carbonyl (C=O) groups is 2. The summed E-state index contributed by atoms with van der Waals surface area (Å²) in [4.78, 5) is 26.7. The summed E-state index contributed by atoms with van der Waals surface area (Å²) in [6, 6.07) is 10.8. The van der Waals surface area contributed by atoms with Crippen LogP contribution in [0.5, 0.6) is 5.75 Å². The number of likely N-dealkylation sites (N-methyl/N-ethyl adjacent to an activating group) is 1. The largest absolute Gasteiger partial charge is 0.482 e. The summed E-state index contributed by atoms with van der Waals surface area (Å²) >= 11 is 7.56. The third-order valence-corrected chi connectivity index (χ3v) is 4.49. The van der Waals surface area contributed by atoms with Crippen LogP contribution in [0, 0.1) is 0 Å². The fourth-order valence-electron chi connectivity index (χ4n) is 2.00. The van der Waals surface area contributed by atoms with E-state index in [4.69, 9.17) is 16.3 Å². The van der Waals surface area contributed by atoms with Crippen LogP contribution >= 0.6 is 22.9 Å². The first-order valence-corrected chi connectivity index (χ1v) is 8.80. The Morgan fingerprint density at radius 3 is 2.71 bits per heavy atom. The second-order valence-electron chi connectivity index (χ2n) is 4.98. The molecule has 0 radical (unpaired) electrons. The summed E-state index contributed by atoms with van der Waals surface area (Å²) in [5.74, 6) is -0.00856. The second-order valence-corrected chi connectivity index (χ2v) is 6.42. The number of ether oxygens (including phenoxy) is 1. The van der Waals surface area contributed by atoms with Crippen molar-refractivity contribution in [1.82, 2.24) is 10.2 Å². The average molecular weight is 367 g/mol. The molecule has 2 aromatic rings. The SMILES string of the molecule is CCN(CC(=O)NCc1cccs1)C(=O)COc1ccccc1Cl. The number of para-hydroxylation sites is 1. The monoisotopic (exact) mass is 366 g/mol. The molecule has 0 aliphatic carbocycles. The number of nitrogens with one attached hydrogen (secondary N) is 1. The van der Waals surface area contributed by atoms with Crippen molar-refractivity contribution < 1.29 is 14.3 Å². The molecular formula is C17H19ClN2O3S. The van der Waals surface area contributed by atoms with E-state index in [0.29, 0.717) is 23.9 Å². The van der Waals surface area contributed by atoms with Crippen molar-refractivity contribution in [3.63, 3.8) is 0 Å². The highest BCUT2D eigenvalue weighted by Crippen LogP contribution is 2.22. The van der Waals surface area contributed by atoms with Gasteiger partial charge in [0, 0.05) is 11.4 Å². The van der Waals surface area contributed by atoms with Gasteiger partial charge >= 0.3 is 0 Å². The Balaban J connectivity index is 1.80. The number of thiophene rings is 1. The minimum Gasteiger partial charge on any atom is -0.482 e. The Labute approximate surface area is 150 Å². The summed E-state index contributed by atoms with van der Waals surface area (Å²) in [5, 5.41) is 5.20. The number of carbonyl (C=O) groups excluding carboxylic acids is 2. The van der Waals surface area contributed by atoms with Crippen molar-refractivity contribution in [1.29, 1.82) is 0 Å². The van der Waals surface area contributed by atoms with Crippen LogP contribution in [-0.2, 0) is 16.1 Å². The summed E-state index contributed by atoms with van der Waals surface area (Å²) in [6.07, 6.45) is 0. The Morgan fingerprint density at radius 2 is 2.04 bits per heavy atom. The Bertz CT molecular complexity index is 676. The molecule has 0 saturated carbocycles. The van der Waals surface area contributed by atoms with Crippen molar-refractivity contribution in [3.05, 3.63) is 51.7 Å². The zero-order valence-electron chi connectivity index (χ0n) is 13.3. The van der Waals surface area contributed by atoms with E-state index in [1.807, 2.05) is 24.4 Å². The Morgan fingerprint density at radius 1 is 1.25 bits per heavy atom. The van der Waals surface area contributed by atoms with Crippen molar-refractivity contribution in [2.75, 3.05) is 19.7 Å². The van der Waals surface area contributed by atoms with Crippen molar-refractivity contribution in [3.8, 4) is 5.75 Å². The lowest BCUT2D eigenvalue weighted by Crippen LogP contribution is -2.42. The maximum Gasteiger partial charge on any atom is 0.260 e. The van der Waals surface area contributed by atoms with Crippen molar-refractivity contribution in [2.45, 2.75) is 13.5 Å². The molecule has 0 atom stereocenters. The van der Waals surface area contributed by atoms with Gasteiger partial charge in [-0.15, -0.1) is 11.3 Å². The number of rotatable bonds is 8. The van der Waals surface area contributed by atoms with Gasteiger partial charge in [0.05, 0.1) is 18.1 Å². The van der Waals surface area contributed by atoms with Gasteiger partial charge in [0.2, 0.25) is 5.91 Å². The lowest BCUT2D eigenvalue weighted by Gasteiger charge is -2.20. The number of amides is 2. The van der Waals surface area contributed by atoms with Gasteiger partial charge in [-0.3, -0.25) is 9.59 Å². The Kier molecular flexibility index (Phi) is 7.08. The van der Waals surface area contributed by atoms with E-state index in [9.17, 15) is 9.59 Å².